The van der Waals surface area contributed by atoms with Gasteiger partial charge in [-0.15, -0.1) is 0 Å². The van der Waals surface area contributed by atoms with Gasteiger partial charge in [0.05, 0.1) is 0 Å². The average molecular weight is 486 g/mol. The second-order valence-electron chi connectivity index (χ2n) is 7.68. The van der Waals surface area contributed by atoms with E-state index in [4.69, 9.17) is 10.1 Å². The van der Waals surface area contributed by atoms with Crippen LogP contribution >= 0.6 is 20.8 Å². The fraction of sp³-hybridized carbons (Fsp3) is 0.280. The number of pyridine rings is 1. The number of nitrogens with zero attached hydrogens (tertiary/aromatic N) is 1. The third kappa shape index (κ3) is 4.82. The van der Waals surface area contributed by atoms with Crippen LogP contribution in [0.4, 0.5) is 0 Å². The summed E-state index contributed by atoms with van der Waals surface area (Å²) in [5.41, 5.74) is 1.10. The van der Waals surface area contributed by atoms with Crippen molar-refractivity contribution in [2.75, 3.05) is 6.16 Å². The summed E-state index contributed by atoms with van der Waals surface area (Å²) in [5, 5.41) is 8.49. The number of rotatable bonds is 11. The molecule has 30 heavy (non-hydrogen) atoms. The minimum atomic E-state index is -2.92. The molecule has 2 aromatic carbocycles. The van der Waals surface area contributed by atoms with Crippen molar-refractivity contribution in [3.63, 3.8) is 0 Å². The Hall–Kier alpha value is -2.03. The van der Waals surface area contributed by atoms with E-state index in [0.717, 1.165) is 43.7 Å². The van der Waals surface area contributed by atoms with E-state index in [1.54, 1.807) is 0 Å². The molecule has 0 unspecified atom stereocenters. The van der Waals surface area contributed by atoms with Crippen molar-refractivity contribution in [2.24, 2.45) is 0 Å². The number of benzene rings is 2. The molecule has 1 N–H and O–H groups in total. The molecule has 3 nitrogen and oxygen atoms in total. The zero-order chi connectivity index (χ0) is 21.3. The number of carboxylic acid groups (broad SMARTS) is 1. The van der Waals surface area contributed by atoms with Crippen LogP contribution < -0.4 is 16.0 Å². The molecule has 0 saturated heterocycles. The van der Waals surface area contributed by atoms with Crippen LogP contribution in [-0.2, 0) is 4.79 Å². The number of hydrogen-bond donors (Lipinski definition) is 1. The zero-order valence-corrected chi connectivity index (χ0v) is 19.6. The van der Waals surface area contributed by atoms with Gasteiger partial charge in [0.2, 0.25) is 0 Å². The van der Waals surface area contributed by atoms with E-state index in [1.165, 1.54) is 10.6 Å². The molecule has 0 amide bonds. The van der Waals surface area contributed by atoms with Crippen LogP contribution in [0.25, 0.3) is 0 Å². The molecule has 0 saturated carbocycles. The Morgan fingerprint density at radius 2 is 1.30 bits per heavy atom. The van der Waals surface area contributed by atoms with Crippen LogP contribution in [-0.4, -0.2) is 22.2 Å². The summed E-state index contributed by atoms with van der Waals surface area (Å²) >= 11 is 4.41. The standard InChI is InChI=1S/C25H29BrNO2P/c26-30(22-14-6-4-7-15-22,23-16-8-5-9-17-23,24-18-11-12-20-27-24)21-13-3-1-2-10-19-25(28)29/h4-9,11-12,14-18,20H,1-3,10,13,19,21H2,(H,28,29). The first kappa shape index (κ1) is 22.7. The molecule has 0 aliphatic carbocycles. The monoisotopic (exact) mass is 485 g/mol. The Morgan fingerprint density at radius 1 is 0.767 bits per heavy atom. The molecule has 0 aliphatic heterocycles. The van der Waals surface area contributed by atoms with Gasteiger partial charge in [-0.3, -0.25) is 0 Å². The minimum absolute atomic E-state index is 0.264. The molecule has 158 valence electrons. The average Bonchev–Trinajstić information content (AvgIpc) is 2.80. The van der Waals surface area contributed by atoms with Gasteiger partial charge in [-0.05, 0) is 0 Å². The Balaban J connectivity index is 1.95. The van der Waals surface area contributed by atoms with Crippen LogP contribution in [0.5, 0.6) is 0 Å². The number of carbonyl (C=O) groups is 1. The second kappa shape index (κ2) is 10.3. The van der Waals surface area contributed by atoms with Crippen LogP contribution in [0.15, 0.2) is 85.1 Å². The molecule has 0 radical (unpaired) electrons. The Labute approximate surface area is 187 Å². The SMILES string of the molecule is O=C(O)CCCCCCCP(Br)(c1ccccc1)(c1ccccc1)c1ccccn1. The van der Waals surface area contributed by atoms with Gasteiger partial charge in [-0.25, -0.2) is 0 Å². The molecular weight excluding hydrogens is 457 g/mol. The number of aliphatic carboxylic acids is 1. The van der Waals surface area contributed by atoms with Crippen molar-refractivity contribution in [3.05, 3.63) is 85.1 Å². The predicted octanol–water partition coefficient (Wildman–Crippen LogP) is 5.65. The van der Waals surface area contributed by atoms with Crippen molar-refractivity contribution in [2.45, 2.75) is 38.5 Å². The van der Waals surface area contributed by atoms with Crippen LogP contribution in [0.3, 0.4) is 0 Å². The normalized spacial score (nSPS) is 12.8. The number of unbranched alkanes of at least 4 members (excludes halogenated alkanes) is 4. The number of hydrogen-bond acceptors (Lipinski definition) is 2. The Bertz CT molecular complexity index is 836. The maximum atomic E-state index is 10.7. The van der Waals surface area contributed by atoms with E-state index < -0.39 is 11.3 Å². The number of carboxylic acids is 1. The topological polar surface area (TPSA) is 50.2 Å². The molecule has 0 bridgehead atoms. The van der Waals surface area contributed by atoms with Crippen molar-refractivity contribution < 1.29 is 9.90 Å². The summed E-state index contributed by atoms with van der Waals surface area (Å²) in [6.07, 6.45) is 8.03. The summed E-state index contributed by atoms with van der Waals surface area (Å²) in [6.45, 7) is 0. The Morgan fingerprint density at radius 3 is 1.83 bits per heavy atom. The molecular formula is C25H29BrNO2P. The van der Waals surface area contributed by atoms with E-state index in [2.05, 4.69) is 88.3 Å². The van der Waals surface area contributed by atoms with E-state index >= 15 is 0 Å². The fourth-order valence-corrected chi connectivity index (χ4v) is 11.6. The fourth-order valence-electron chi connectivity index (χ4n) is 4.11. The van der Waals surface area contributed by atoms with Crippen molar-refractivity contribution in [3.8, 4) is 0 Å². The van der Waals surface area contributed by atoms with E-state index in [0.29, 0.717) is 0 Å². The number of halogens is 1. The molecule has 0 spiro atoms. The van der Waals surface area contributed by atoms with Gasteiger partial charge in [0.15, 0.2) is 0 Å². The van der Waals surface area contributed by atoms with Crippen molar-refractivity contribution in [1.29, 1.82) is 0 Å². The van der Waals surface area contributed by atoms with E-state index in [9.17, 15) is 4.79 Å². The number of aromatic nitrogens is 1. The zero-order valence-electron chi connectivity index (χ0n) is 17.2. The second-order valence-corrected chi connectivity index (χ2v) is 16.7. The summed E-state index contributed by atoms with van der Waals surface area (Å²) in [7, 11) is 0. The summed E-state index contributed by atoms with van der Waals surface area (Å²) in [5.74, 6) is -0.705. The first-order chi connectivity index (χ1) is 14.6. The van der Waals surface area contributed by atoms with Crippen LogP contribution in [0, 0.1) is 0 Å². The third-order valence-electron chi connectivity index (χ3n) is 5.68. The molecule has 5 heteroatoms. The predicted molar refractivity (Wildman–Crippen MR) is 132 cm³/mol. The first-order valence-electron chi connectivity index (χ1n) is 10.5. The van der Waals surface area contributed by atoms with Gasteiger partial charge in [0.1, 0.15) is 0 Å². The quantitative estimate of drug-likeness (QED) is 0.282. The van der Waals surface area contributed by atoms with Crippen LogP contribution in [0.2, 0.25) is 0 Å². The van der Waals surface area contributed by atoms with Gasteiger partial charge in [-0.2, -0.15) is 0 Å². The van der Waals surface area contributed by atoms with Crippen molar-refractivity contribution in [1.82, 2.24) is 4.98 Å². The van der Waals surface area contributed by atoms with E-state index in [1.807, 2.05) is 12.3 Å². The van der Waals surface area contributed by atoms with Gasteiger partial charge >= 0.3 is 187 Å². The van der Waals surface area contributed by atoms with Gasteiger partial charge in [0, 0.05) is 0 Å². The maximum absolute atomic E-state index is 10.7. The Kier molecular flexibility index (Phi) is 7.80. The van der Waals surface area contributed by atoms with Crippen LogP contribution in [0.1, 0.15) is 38.5 Å². The molecule has 1 heterocycles. The van der Waals surface area contributed by atoms with Crippen molar-refractivity contribution >= 4 is 42.8 Å². The first-order valence-corrected chi connectivity index (χ1v) is 15.0. The van der Waals surface area contributed by atoms with Gasteiger partial charge < -0.3 is 0 Å². The summed E-state index contributed by atoms with van der Waals surface area (Å²) < 4.78 is 0. The van der Waals surface area contributed by atoms with Gasteiger partial charge in [0.25, 0.3) is 0 Å². The molecule has 0 fully saturated rings. The van der Waals surface area contributed by atoms with Gasteiger partial charge in [-0.1, -0.05) is 0 Å². The molecule has 1 aromatic heterocycles. The molecule has 0 atom stereocenters. The molecule has 3 rings (SSSR count). The third-order valence-corrected chi connectivity index (χ3v) is 15.4. The molecule has 0 aliphatic rings. The summed E-state index contributed by atoms with van der Waals surface area (Å²) in [6, 6.07) is 27.6. The summed E-state index contributed by atoms with van der Waals surface area (Å²) in [4.78, 5) is 15.6. The molecule has 3 aromatic rings. The van der Waals surface area contributed by atoms with E-state index in [-0.39, 0.29) is 6.42 Å².